The molecule has 0 aromatic heterocycles. The molecule has 1 unspecified atom stereocenters. The summed E-state index contributed by atoms with van der Waals surface area (Å²) in [6.07, 6.45) is 4.98. The third kappa shape index (κ3) is 3.27. The zero-order valence-corrected chi connectivity index (χ0v) is 11.7. The number of nitrogens with one attached hydrogen (secondary N) is 1. The van der Waals surface area contributed by atoms with Crippen LogP contribution >= 0.6 is 0 Å². The van der Waals surface area contributed by atoms with E-state index in [-0.39, 0.29) is 5.82 Å². The predicted molar refractivity (Wildman–Crippen MR) is 76.9 cm³/mol. The summed E-state index contributed by atoms with van der Waals surface area (Å²) in [6.45, 7) is 5.01. The van der Waals surface area contributed by atoms with E-state index < -0.39 is 0 Å². The van der Waals surface area contributed by atoms with Gasteiger partial charge in [-0.05, 0) is 49.3 Å². The van der Waals surface area contributed by atoms with E-state index in [2.05, 4.69) is 23.2 Å². The average Bonchev–Trinajstić information content (AvgIpc) is 3.20. The minimum atomic E-state index is -0.0656. The average molecular weight is 262 g/mol. The SMILES string of the molecule is CC1CCCN(c2ccc(CNC3CC3)cc2F)C1. The van der Waals surface area contributed by atoms with Gasteiger partial charge < -0.3 is 10.2 Å². The van der Waals surface area contributed by atoms with Crippen molar-refractivity contribution >= 4 is 5.69 Å². The molecule has 0 spiro atoms. The van der Waals surface area contributed by atoms with E-state index in [9.17, 15) is 4.39 Å². The number of nitrogens with zero attached hydrogens (tertiary/aromatic N) is 1. The zero-order chi connectivity index (χ0) is 13.2. The fraction of sp³-hybridized carbons (Fsp3) is 0.625. The van der Waals surface area contributed by atoms with Crippen molar-refractivity contribution in [2.45, 2.75) is 45.2 Å². The summed E-state index contributed by atoms with van der Waals surface area (Å²) in [6, 6.07) is 6.39. The molecule has 1 aromatic carbocycles. The quantitative estimate of drug-likeness (QED) is 0.895. The molecular weight excluding hydrogens is 239 g/mol. The molecule has 1 saturated heterocycles. The minimum Gasteiger partial charge on any atom is -0.369 e. The van der Waals surface area contributed by atoms with Crippen LogP contribution in [0.2, 0.25) is 0 Å². The number of anilines is 1. The Bertz CT molecular complexity index is 442. The zero-order valence-electron chi connectivity index (χ0n) is 11.7. The molecular formula is C16H23FN2. The molecule has 1 aliphatic carbocycles. The van der Waals surface area contributed by atoms with Gasteiger partial charge in [-0.3, -0.25) is 0 Å². The molecule has 2 fully saturated rings. The van der Waals surface area contributed by atoms with Crippen LogP contribution in [-0.4, -0.2) is 19.1 Å². The van der Waals surface area contributed by atoms with E-state index in [4.69, 9.17) is 0 Å². The molecule has 1 N–H and O–H groups in total. The van der Waals surface area contributed by atoms with Gasteiger partial charge in [0, 0.05) is 25.7 Å². The van der Waals surface area contributed by atoms with Gasteiger partial charge in [0.2, 0.25) is 0 Å². The number of hydrogen-bond acceptors (Lipinski definition) is 2. The fourth-order valence-corrected chi connectivity index (χ4v) is 2.87. The highest BCUT2D eigenvalue weighted by Gasteiger charge is 2.21. The van der Waals surface area contributed by atoms with Crippen molar-refractivity contribution in [3.05, 3.63) is 29.6 Å². The Morgan fingerprint density at radius 2 is 2.16 bits per heavy atom. The highest BCUT2D eigenvalue weighted by molar-refractivity contribution is 5.49. The smallest absolute Gasteiger partial charge is 0.146 e. The Balaban J connectivity index is 1.67. The molecule has 2 aliphatic rings. The molecule has 0 amide bonds. The van der Waals surface area contributed by atoms with Crippen molar-refractivity contribution in [1.82, 2.24) is 5.32 Å². The van der Waals surface area contributed by atoms with E-state index in [0.29, 0.717) is 12.0 Å². The molecule has 3 rings (SSSR count). The van der Waals surface area contributed by atoms with Crippen LogP contribution in [0.25, 0.3) is 0 Å². The summed E-state index contributed by atoms with van der Waals surface area (Å²) < 4.78 is 14.2. The first-order chi connectivity index (χ1) is 9.22. The first-order valence-electron chi connectivity index (χ1n) is 7.49. The second-order valence-electron chi connectivity index (χ2n) is 6.13. The lowest BCUT2D eigenvalue weighted by Gasteiger charge is -2.33. The summed E-state index contributed by atoms with van der Waals surface area (Å²) in [5.41, 5.74) is 1.83. The highest BCUT2D eigenvalue weighted by Crippen LogP contribution is 2.26. The largest absolute Gasteiger partial charge is 0.369 e. The third-order valence-electron chi connectivity index (χ3n) is 4.18. The molecule has 2 nitrogen and oxygen atoms in total. The molecule has 3 heteroatoms. The van der Waals surface area contributed by atoms with E-state index in [0.717, 1.165) is 30.9 Å². The second-order valence-corrected chi connectivity index (χ2v) is 6.13. The van der Waals surface area contributed by atoms with Gasteiger partial charge in [-0.25, -0.2) is 4.39 Å². The van der Waals surface area contributed by atoms with E-state index >= 15 is 0 Å². The van der Waals surface area contributed by atoms with Crippen molar-refractivity contribution < 1.29 is 4.39 Å². The van der Waals surface area contributed by atoms with Gasteiger partial charge in [-0.1, -0.05) is 13.0 Å². The van der Waals surface area contributed by atoms with Crippen LogP contribution in [0.1, 0.15) is 38.2 Å². The second kappa shape index (κ2) is 5.49. The number of rotatable bonds is 4. The lowest BCUT2D eigenvalue weighted by molar-refractivity contribution is 0.442. The molecule has 1 atom stereocenters. The Hall–Kier alpha value is -1.09. The minimum absolute atomic E-state index is 0.0656. The number of piperidine rings is 1. The lowest BCUT2D eigenvalue weighted by atomic mass is 9.99. The van der Waals surface area contributed by atoms with E-state index in [1.807, 2.05) is 6.07 Å². The standard InChI is InChI=1S/C16H23FN2/c1-12-3-2-8-19(11-12)16-7-4-13(9-15(16)17)10-18-14-5-6-14/h4,7,9,12,14,18H,2-3,5-6,8,10-11H2,1H3. The first kappa shape index (κ1) is 12.9. The maximum atomic E-state index is 14.2. The summed E-state index contributed by atoms with van der Waals surface area (Å²) >= 11 is 0. The molecule has 19 heavy (non-hydrogen) atoms. The number of halogens is 1. The Morgan fingerprint density at radius 1 is 1.32 bits per heavy atom. The molecule has 1 saturated carbocycles. The van der Waals surface area contributed by atoms with Crippen LogP contribution in [0.4, 0.5) is 10.1 Å². The van der Waals surface area contributed by atoms with Gasteiger partial charge >= 0.3 is 0 Å². The van der Waals surface area contributed by atoms with E-state index in [1.54, 1.807) is 6.07 Å². The van der Waals surface area contributed by atoms with Crippen LogP contribution < -0.4 is 10.2 Å². The van der Waals surface area contributed by atoms with Gasteiger partial charge in [-0.15, -0.1) is 0 Å². The lowest BCUT2D eigenvalue weighted by Crippen LogP contribution is -2.34. The van der Waals surface area contributed by atoms with Crippen LogP contribution in [-0.2, 0) is 6.54 Å². The first-order valence-corrected chi connectivity index (χ1v) is 7.49. The molecule has 0 radical (unpaired) electrons. The summed E-state index contributed by atoms with van der Waals surface area (Å²) in [4.78, 5) is 2.20. The fourth-order valence-electron chi connectivity index (χ4n) is 2.87. The van der Waals surface area contributed by atoms with Crippen LogP contribution in [0.3, 0.4) is 0 Å². The molecule has 1 heterocycles. The summed E-state index contributed by atoms with van der Waals surface area (Å²) in [5.74, 6) is 0.605. The predicted octanol–water partition coefficient (Wildman–Crippen LogP) is 3.31. The van der Waals surface area contributed by atoms with Crippen molar-refractivity contribution in [3.8, 4) is 0 Å². The van der Waals surface area contributed by atoms with Crippen molar-refractivity contribution in [3.63, 3.8) is 0 Å². The maximum absolute atomic E-state index is 14.2. The number of hydrogen-bond donors (Lipinski definition) is 1. The van der Waals surface area contributed by atoms with Gasteiger partial charge in [0.15, 0.2) is 0 Å². The normalized spacial score (nSPS) is 23.7. The van der Waals surface area contributed by atoms with Crippen LogP contribution in [0.5, 0.6) is 0 Å². The van der Waals surface area contributed by atoms with Gasteiger partial charge in [0.25, 0.3) is 0 Å². The number of benzene rings is 1. The van der Waals surface area contributed by atoms with Gasteiger partial charge in [0.05, 0.1) is 5.69 Å². The summed E-state index contributed by atoms with van der Waals surface area (Å²) in [7, 11) is 0. The molecule has 1 aliphatic heterocycles. The van der Waals surface area contributed by atoms with Crippen LogP contribution in [0, 0.1) is 11.7 Å². The van der Waals surface area contributed by atoms with Crippen LogP contribution in [0.15, 0.2) is 18.2 Å². The highest BCUT2D eigenvalue weighted by atomic mass is 19.1. The molecule has 0 bridgehead atoms. The Kier molecular flexibility index (Phi) is 3.74. The molecule has 104 valence electrons. The third-order valence-corrected chi connectivity index (χ3v) is 4.18. The van der Waals surface area contributed by atoms with Gasteiger partial charge in [0.1, 0.15) is 5.82 Å². The Morgan fingerprint density at radius 3 is 2.84 bits per heavy atom. The molecule has 1 aromatic rings. The monoisotopic (exact) mass is 262 g/mol. The van der Waals surface area contributed by atoms with Crippen molar-refractivity contribution in [2.75, 3.05) is 18.0 Å². The maximum Gasteiger partial charge on any atom is 0.146 e. The van der Waals surface area contributed by atoms with Gasteiger partial charge in [-0.2, -0.15) is 0 Å². The van der Waals surface area contributed by atoms with Crippen molar-refractivity contribution in [2.24, 2.45) is 5.92 Å². The topological polar surface area (TPSA) is 15.3 Å². The Labute approximate surface area is 115 Å². The van der Waals surface area contributed by atoms with Crippen molar-refractivity contribution in [1.29, 1.82) is 0 Å². The summed E-state index contributed by atoms with van der Waals surface area (Å²) in [5, 5.41) is 3.43. The van der Waals surface area contributed by atoms with E-state index in [1.165, 1.54) is 25.7 Å².